The number of aromatic nitrogens is 2. The summed E-state index contributed by atoms with van der Waals surface area (Å²) >= 11 is 0. The minimum atomic E-state index is -0.453. The summed E-state index contributed by atoms with van der Waals surface area (Å²) in [4.78, 5) is 12.5. The number of nitrogens with one attached hydrogen (secondary N) is 1. The number of carbonyl (C=O) groups excluding carboxylic acids is 1. The van der Waals surface area contributed by atoms with Crippen molar-refractivity contribution in [2.75, 3.05) is 11.9 Å². The monoisotopic (exact) mass is 391 g/mol. The van der Waals surface area contributed by atoms with Crippen LogP contribution in [0.2, 0.25) is 0 Å². The lowest BCUT2D eigenvalue weighted by Gasteiger charge is -2.23. The Morgan fingerprint density at radius 2 is 2.00 bits per heavy atom. The van der Waals surface area contributed by atoms with Gasteiger partial charge in [-0.05, 0) is 62.4 Å². The Morgan fingerprint density at radius 1 is 1.21 bits per heavy atom. The van der Waals surface area contributed by atoms with Crippen LogP contribution in [0.5, 0.6) is 5.75 Å². The van der Waals surface area contributed by atoms with Gasteiger partial charge >= 0.3 is 0 Å². The molecule has 1 unspecified atom stereocenters. The van der Waals surface area contributed by atoms with E-state index in [1.165, 1.54) is 0 Å². The van der Waals surface area contributed by atoms with E-state index in [1.54, 1.807) is 0 Å². The summed E-state index contributed by atoms with van der Waals surface area (Å²) in [5, 5.41) is 17.7. The molecule has 2 aromatic carbocycles. The van der Waals surface area contributed by atoms with Gasteiger partial charge in [0, 0.05) is 0 Å². The first kappa shape index (κ1) is 19.2. The first-order chi connectivity index (χ1) is 14.0. The van der Waals surface area contributed by atoms with Gasteiger partial charge in [-0.3, -0.25) is 4.79 Å². The van der Waals surface area contributed by atoms with Crippen molar-refractivity contribution in [3.63, 3.8) is 0 Å². The van der Waals surface area contributed by atoms with Crippen LogP contribution in [-0.4, -0.2) is 27.4 Å². The third kappa shape index (κ3) is 3.89. The van der Waals surface area contributed by atoms with Crippen LogP contribution in [0.25, 0.3) is 5.69 Å². The van der Waals surface area contributed by atoms with Crippen molar-refractivity contribution in [3.8, 4) is 11.4 Å². The predicted molar refractivity (Wildman–Crippen MR) is 112 cm³/mol. The van der Waals surface area contributed by atoms with Crippen molar-refractivity contribution < 1.29 is 14.6 Å². The zero-order valence-electron chi connectivity index (χ0n) is 16.7. The lowest BCUT2D eigenvalue weighted by molar-refractivity contribution is -0.118. The minimum Gasteiger partial charge on any atom is -0.483 e. The molecule has 6 heteroatoms. The van der Waals surface area contributed by atoms with Crippen molar-refractivity contribution in [2.24, 2.45) is 0 Å². The van der Waals surface area contributed by atoms with E-state index in [2.05, 4.69) is 10.4 Å². The Labute approximate surface area is 170 Å². The molecule has 6 nitrogen and oxygen atoms in total. The number of carbonyl (C=O) groups is 1. The second-order valence-corrected chi connectivity index (χ2v) is 7.36. The van der Waals surface area contributed by atoms with E-state index in [0.29, 0.717) is 11.4 Å². The fourth-order valence-electron chi connectivity index (χ4n) is 3.89. The van der Waals surface area contributed by atoms with Crippen LogP contribution in [0.1, 0.15) is 41.5 Å². The summed E-state index contributed by atoms with van der Waals surface area (Å²) in [6.45, 7) is 3.71. The molecule has 2 N–H and O–H groups in total. The number of ether oxygens (including phenoxy) is 1. The van der Waals surface area contributed by atoms with E-state index in [-0.39, 0.29) is 12.5 Å². The van der Waals surface area contributed by atoms with Crippen LogP contribution in [0.15, 0.2) is 48.5 Å². The van der Waals surface area contributed by atoms with Crippen molar-refractivity contribution in [1.29, 1.82) is 0 Å². The third-order valence-corrected chi connectivity index (χ3v) is 5.35. The van der Waals surface area contributed by atoms with Gasteiger partial charge in [0.2, 0.25) is 0 Å². The number of amides is 1. The van der Waals surface area contributed by atoms with Crippen LogP contribution >= 0.6 is 0 Å². The molecule has 0 fully saturated rings. The maximum absolute atomic E-state index is 12.5. The molecule has 1 atom stereocenters. The maximum atomic E-state index is 12.5. The second kappa shape index (κ2) is 8.09. The first-order valence-electron chi connectivity index (χ1n) is 9.88. The van der Waals surface area contributed by atoms with Gasteiger partial charge in [0.25, 0.3) is 5.91 Å². The molecular formula is C23H25N3O3. The van der Waals surface area contributed by atoms with Gasteiger partial charge in [-0.15, -0.1) is 0 Å². The molecule has 1 aliphatic carbocycles. The SMILES string of the molecule is Cc1nn(-c2ccccc2)c(C)c1NC(=O)COc1cccc2c1CCCC2O. The molecule has 1 heterocycles. The highest BCUT2D eigenvalue weighted by atomic mass is 16.5. The average Bonchev–Trinajstić information content (AvgIpc) is 3.01. The minimum absolute atomic E-state index is 0.0953. The standard InChI is InChI=1S/C23H25N3O3/c1-15-23(16(2)26(25-15)17-8-4-3-5-9-17)24-22(28)14-29-21-13-7-10-18-19(21)11-6-12-20(18)27/h3-5,7-10,13,20,27H,6,11-12,14H2,1-2H3,(H,24,28). The van der Waals surface area contributed by atoms with Crippen molar-refractivity contribution in [2.45, 2.75) is 39.2 Å². The van der Waals surface area contributed by atoms with Crippen LogP contribution in [0.3, 0.4) is 0 Å². The Bertz CT molecular complexity index is 1030. The van der Waals surface area contributed by atoms with E-state index >= 15 is 0 Å². The Balaban J connectivity index is 1.46. The molecule has 4 rings (SSSR count). The number of nitrogens with zero attached hydrogens (tertiary/aromatic N) is 2. The number of fused-ring (bicyclic) bond motifs is 1. The lowest BCUT2D eigenvalue weighted by Crippen LogP contribution is -2.22. The van der Waals surface area contributed by atoms with Gasteiger partial charge in [0.15, 0.2) is 6.61 Å². The molecule has 29 heavy (non-hydrogen) atoms. The smallest absolute Gasteiger partial charge is 0.262 e. The Kier molecular flexibility index (Phi) is 5.36. The molecule has 0 spiro atoms. The van der Waals surface area contributed by atoms with Gasteiger partial charge in [-0.2, -0.15) is 5.10 Å². The molecule has 0 aliphatic heterocycles. The van der Waals surface area contributed by atoms with Crippen molar-refractivity contribution >= 4 is 11.6 Å². The molecule has 1 aromatic heterocycles. The molecule has 0 saturated heterocycles. The van der Waals surface area contributed by atoms with E-state index in [9.17, 15) is 9.90 Å². The van der Waals surface area contributed by atoms with E-state index in [4.69, 9.17) is 4.74 Å². The summed E-state index contributed by atoms with van der Waals surface area (Å²) in [5.41, 5.74) is 5.17. The highest BCUT2D eigenvalue weighted by Gasteiger charge is 2.21. The summed E-state index contributed by atoms with van der Waals surface area (Å²) in [6, 6.07) is 15.5. The second-order valence-electron chi connectivity index (χ2n) is 7.36. The normalized spacial score (nSPS) is 15.6. The van der Waals surface area contributed by atoms with Gasteiger partial charge in [-0.1, -0.05) is 30.3 Å². The fourth-order valence-corrected chi connectivity index (χ4v) is 3.89. The number of benzene rings is 2. The maximum Gasteiger partial charge on any atom is 0.262 e. The number of hydrogen-bond acceptors (Lipinski definition) is 4. The molecule has 150 valence electrons. The summed E-state index contributed by atoms with van der Waals surface area (Å²) in [6.07, 6.45) is 2.08. The van der Waals surface area contributed by atoms with Gasteiger partial charge < -0.3 is 15.2 Å². The summed E-state index contributed by atoms with van der Waals surface area (Å²) in [7, 11) is 0. The topological polar surface area (TPSA) is 76.4 Å². The van der Waals surface area contributed by atoms with Crippen LogP contribution in [0, 0.1) is 13.8 Å². The first-order valence-corrected chi connectivity index (χ1v) is 9.88. The highest BCUT2D eigenvalue weighted by Crippen LogP contribution is 2.35. The zero-order valence-corrected chi connectivity index (χ0v) is 16.7. The fraction of sp³-hybridized carbons (Fsp3) is 0.304. The van der Waals surface area contributed by atoms with Crippen LogP contribution in [0.4, 0.5) is 5.69 Å². The summed E-state index contributed by atoms with van der Waals surface area (Å²) in [5.74, 6) is 0.433. The van der Waals surface area contributed by atoms with Crippen LogP contribution < -0.4 is 10.1 Å². The Morgan fingerprint density at radius 3 is 2.79 bits per heavy atom. The molecular weight excluding hydrogens is 366 g/mol. The average molecular weight is 391 g/mol. The van der Waals surface area contributed by atoms with Gasteiger partial charge in [0.05, 0.1) is 28.9 Å². The lowest BCUT2D eigenvalue weighted by atomic mass is 9.89. The van der Waals surface area contributed by atoms with Crippen molar-refractivity contribution in [3.05, 3.63) is 71.0 Å². The largest absolute Gasteiger partial charge is 0.483 e. The molecule has 1 aliphatic rings. The third-order valence-electron chi connectivity index (χ3n) is 5.35. The zero-order chi connectivity index (χ0) is 20.4. The summed E-state index contributed by atoms with van der Waals surface area (Å²) < 4.78 is 7.63. The molecule has 0 radical (unpaired) electrons. The molecule has 1 amide bonds. The number of para-hydroxylation sites is 1. The van der Waals surface area contributed by atoms with E-state index in [1.807, 2.05) is 67.1 Å². The van der Waals surface area contributed by atoms with E-state index in [0.717, 1.165) is 47.5 Å². The Hall–Kier alpha value is -3.12. The number of aryl methyl sites for hydroxylation is 1. The molecule has 0 saturated carbocycles. The predicted octanol–water partition coefficient (Wildman–Crippen LogP) is 3.88. The number of rotatable bonds is 5. The number of aliphatic hydroxyl groups excluding tert-OH is 1. The van der Waals surface area contributed by atoms with Crippen LogP contribution in [-0.2, 0) is 11.2 Å². The highest BCUT2D eigenvalue weighted by molar-refractivity contribution is 5.93. The van der Waals surface area contributed by atoms with Crippen molar-refractivity contribution in [1.82, 2.24) is 9.78 Å². The molecule has 3 aromatic rings. The van der Waals surface area contributed by atoms with Gasteiger partial charge in [0.1, 0.15) is 5.75 Å². The number of aliphatic hydroxyl groups is 1. The number of anilines is 1. The van der Waals surface area contributed by atoms with E-state index < -0.39 is 6.10 Å². The molecule has 0 bridgehead atoms. The quantitative estimate of drug-likeness (QED) is 0.692. The number of hydrogen-bond donors (Lipinski definition) is 2. The van der Waals surface area contributed by atoms with Gasteiger partial charge in [-0.25, -0.2) is 4.68 Å².